The third-order valence-corrected chi connectivity index (χ3v) is 3.46. The number of nitrogens with one attached hydrogen (secondary N) is 1. The van der Waals surface area contributed by atoms with Crippen LogP contribution >= 0.6 is 0 Å². The van der Waals surface area contributed by atoms with Crippen molar-refractivity contribution in [3.8, 4) is 0 Å². The second-order valence-electron chi connectivity index (χ2n) is 4.79. The van der Waals surface area contributed by atoms with Crippen molar-refractivity contribution in [3.63, 3.8) is 0 Å². The fourth-order valence-electron chi connectivity index (χ4n) is 2.64. The minimum absolute atomic E-state index is 0.0270. The quantitative estimate of drug-likeness (QED) is 0.676. The number of primary amides is 1. The topological polar surface area (TPSA) is 55.1 Å². The highest BCUT2D eigenvalue weighted by atomic mass is 16.2. The van der Waals surface area contributed by atoms with E-state index in [0.29, 0.717) is 0 Å². The van der Waals surface area contributed by atoms with Crippen molar-refractivity contribution in [2.75, 3.05) is 0 Å². The molecule has 1 saturated carbocycles. The van der Waals surface area contributed by atoms with Gasteiger partial charge in [0.2, 0.25) is 0 Å². The van der Waals surface area contributed by atoms with E-state index in [1.807, 2.05) is 0 Å². The predicted octanol–water partition coefficient (Wildman–Crippen LogP) is 2.94. The average molecular weight is 212 g/mol. The van der Waals surface area contributed by atoms with Crippen molar-refractivity contribution >= 4 is 6.03 Å². The lowest BCUT2D eigenvalue weighted by Crippen LogP contribution is -2.51. The smallest absolute Gasteiger partial charge is 0.312 e. The number of rotatable bonds is 5. The van der Waals surface area contributed by atoms with Crippen molar-refractivity contribution in [1.29, 1.82) is 0 Å². The van der Waals surface area contributed by atoms with Crippen LogP contribution in [-0.2, 0) is 0 Å². The van der Waals surface area contributed by atoms with Crippen molar-refractivity contribution in [1.82, 2.24) is 5.32 Å². The second-order valence-corrected chi connectivity index (χ2v) is 4.79. The van der Waals surface area contributed by atoms with E-state index < -0.39 is 0 Å². The van der Waals surface area contributed by atoms with Crippen molar-refractivity contribution in [3.05, 3.63) is 0 Å². The number of hydrogen-bond acceptors (Lipinski definition) is 1. The van der Waals surface area contributed by atoms with Crippen molar-refractivity contribution in [2.45, 2.75) is 70.3 Å². The van der Waals surface area contributed by atoms with Gasteiger partial charge in [0.15, 0.2) is 0 Å². The van der Waals surface area contributed by atoms with Crippen LogP contribution in [-0.4, -0.2) is 11.6 Å². The summed E-state index contributed by atoms with van der Waals surface area (Å²) in [5.74, 6) is 0. The summed E-state index contributed by atoms with van der Waals surface area (Å²) in [5.41, 5.74) is 5.29. The van der Waals surface area contributed by atoms with E-state index in [9.17, 15) is 4.79 Å². The van der Waals surface area contributed by atoms with E-state index in [4.69, 9.17) is 5.73 Å². The van der Waals surface area contributed by atoms with Gasteiger partial charge in [-0.1, -0.05) is 45.4 Å². The molecule has 0 aromatic carbocycles. The molecule has 3 nitrogen and oxygen atoms in total. The molecule has 0 aromatic rings. The van der Waals surface area contributed by atoms with Gasteiger partial charge in [-0.05, 0) is 19.3 Å². The summed E-state index contributed by atoms with van der Waals surface area (Å²) in [6.45, 7) is 2.20. The highest BCUT2D eigenvalue weighted by Crippen LogP contribution is 2.32. The summed E-state index contributed by atoms with van der Waals surface area (Å²) in [6.07, 6.45) is 10.8. The van der Waals surface area contributed by atoms with Crippen LogP contribution in [0.3, 0.4) is 0 Å². The third-order valence-electron chi connectivity index (χ3n) is 3.46. The SMILES string of the molecule is CCCCCC1(NC(N)=O)CCCCC1. The third kappa shape index (κ3) is 4.10. The second kappa shape index (κ2) is 5.99. The molecule has 2 amide bonds. The monoisotopic (exact) mass is 212 g/mol. The first-order valence-corrected chi connectivity index (χ1v) is 6.26. The molecule has 0 unspecified atom stereocenters. The maximum absolute atomic E-state index is 11.0. The number of carbonyl (C=O) groups is 1. The summed E-state index contributed by atoms with van der Waals surface area (Å²) in [7, 11) is 0. The molecule has 0 radical (unpaired) electrons. The highest BCUT2D eigenvalue weighted by molar-refractivity contribution is 5.72. The van der Waals surface area contributed by atoms with Gasteiger partial charge in [-0.2, -0.15) is 0 Å². The molecule has 1 rings (SSSR count). The lowest BCUT2D eigenvalue weighted by Gasteiger charge is -2.37. The van der Waals surface area contributed by atoms with Crippen LogP contribution in [0.5, 0.6) is 0 Å². The van der Waals surface area contributed by atoms with Crippen LogP contribution < -0.4 is 11.1 Å². The maximum Gasteiger partial charge on any atom is 0.312 e. The minimum atomic E-state index is -0.353. The first-order valence-electron chi connectivity index (χ1n) is 6.26. The van der Waals surface area contributed by atoms with Gasteiger partial charge < -0.3 is 11.1 Å². The first-order chi connectivity index (χ1) is 7.18. The Bertz CT molecular complexity index is 198. The molecule has 88 valence electrons. The Kier molecular flexibility index (Phi) is 4.92. The van der Waals surface area contributed by atoms with Crippen LogP contribution in [0.4, 0.5) is 4.79 Å². The molecule has 0 bridgehead atoms. The predicted molar refractivity (Wildman–Crippen MR) is 62.7 cm³/mol. The van der Waals surface area contributed by atoms with Gasteiger partial charge in [-0.15, -0.1) is 0 Å². The van der Waals surface area contributed by atoms with Crippen LogP contribution in [0.2, 0.25) is 0 Å². The zero-order valence-electron chi connectivity index (χ0n) is 9.85. The zero-order valence-corrected chi connectivity index (χ0v) is 9.85. The Hall–Kier alpha value is -0.730. The highest BCUT2D eigenvalue weighted by Gasteiger charge is 2.32. The molecule has 1 fully saturated rings. The lowest BCUT2D eigenvalue weighted by molar-refractivity contribution is 0.198. The summed E-state index contributed by atoms with van der Waals surface area (Å²) in [5, 5.41) is 2.99. The lowest BCUT2D eigenvalue weighted by atomic mass is 9.78. The molecular formula is C12H24N2O. The van der Waals surface area contributed by atoms with E-state index >= 15 is 0 Å². The van der Waals surface area contributed by atoms with Crippen LogP contribution in [0.25, 0.3) is 0 Å². The summed E-state index contributed by atoms with van der Waals surface area (Å²) >= 11 is 0. The first kappa shape index (κ1) is 12.3. The van der Waals surface area contributed by atoms with Gasteiger partial charge in [0.1, 0.15) is 0 Å². The molecular weight excluding hydrogens is 188 g/mol. The van der Waals surface area contributed by atoms with Gasteiger partial charge in [-0.25, -0.2) is 4.79 Å². The number of hydrogen-bond donors (Lipinski definition) is 2. The number of unbranched alkanes of at least 4 members (excludes halogenated alkanes) is 2. The molecule has 3 N–H and O–H groups in total. The average Bonchev–Trinajstić information content (AvgIpc) is 2.18. The van der Waals surface area contributed by atoms with Crippen molar-refractivity contribution in [2.24, 2.45) is 5.73 Å². The Labute approximate surface area is 92.8 Å². The molecule has 15 heavy (non-hydrogen) atoms. The fraction of sp³-hybridized carbons (Fsp3) is 0.917. The summed E-state index contributed by atoms with van der Waals surface area (Å²) in [4.78, 5) is 11.0. The Morgan fingerprint density at radius 3 is 2.47 bits per heavy atom. The summed E-state index contributed by atoms with van der Waals surface area (Å²) in [6, 6.07) is -0.353. The number of nitrogens with two attached hydrogens (primary N) is 1. The molecule has 0 saturated heterocycles. The van der Waals surface area contributed by atoms with E-state index in [0.717, 1.165) is 19.3 Å². The van der Waals surface area contributed by atoms with Crippen LogP contribution in [0, 0.1) is 0 Å². The molecule has 1 aliphatic carbocycles. The fourth-order valence-corrected chi connectivity index (χ4v) is 2.64. The Balaban J connectivity index is 2.46. The number of amides is 2. The minimum Gasteiger partial charge on any atom is -0.352 e. The maximum atomic E-state index is 11.0. The van der Waals surface area contributed by atoms with Gasteiger partial charge in [0.05, 0.1) is 0 Å². The largest absolute Gasteiger partial charge is 0.352 e. The van der Waals surface area contributed by atoms with Gasteiger partial charge in [0, 0.05) is 5.54 Å². The Morgan fingerprint density at radius 1 is 1.27 bits per heavy atom. The van der Waals surface area contributed by atoms with Crippen LogP contribution in [0.1, 0.15) is 64.7 Å². The van der Waals surface area contributed by atoms with Crippen LogP contribution in [0.15, 0.2) is 0 Å². The van der Waals surface area contributed by atoms with E-state index in [2.05, 4.69) is 12.2 Å². The van der Waals surface area contributed by atoms with Gasteiger partial charge in [0.25, 0.3) is 0 Å². The van der Waals surface area contributed by atoms with E-state index in [1.54, 1.807) is 0 Å². The zero-order chi connectivity index (χ0) is 11.1. The molecule has 3 heteroatoms. The molecule has 0 aliphatic heterocycles. The van der Waals surface area contributed by atoms with E-state index in [1.165, 1.54) is 38.5 Å². The van der Waals surface area contributed by atoms with E-state index in [-0.39, 0.29) is 11.6 Å². The van der Waals surface area contributed by atoms with Crippen molar-refractivity contribution < 1.29 is 4.79 Å². The standard InChI is InChI=1S/C12H24N2O/c1-2-3-5-8-12(14-11(13)15)9-6-4-7-10-12/h2-10H2,1H3,(H3,13,14,15). The molecule has 0 aromatic heterocycles. The van der Waals surface area contributed by atoms with Gasteiger partial charge in [-0.3, -0.25) is 0 Å². The van der Waals surface area contributed by atoms with Gasteiger partial charge >= 0.3 is 6.03 Å². The number of carbonyl (C=O) groups excluding carboxylic acids is 1. The molecule has 1 aliphatic rings. The summed E-state index contributed by atoms with van der Waals surface area (Å²) < 4.78 is 0. The normalized spacial score (nSPS) is 19.8. The molecule has 0 atom stereocenters. The number of urea groups is 1. The molecule has 0 spiro atoms. The molecule has 0 heterocycles. The Morgan fingerprint density at radius 2 is 1.93 bits per heavy atom.